The molecule has 3 heteroatoms. The van der Waals surface area contributed by atoms with E-state index < -0.39 is 0 Å². The summed E-state index contributed by atoms with van der Waals surface area (Å²) in [6, 6.07) is 6.57. The van der Waals surface area contributed by atoms with Crippen molar-refractivity contribution in [2.45, 2.75) is 26.7 Å². The number of rotatable bonds is 3. The van der Waals surface area contributed by atoms with Crippen LogP contribution in [0.5, 0.6) is 0 Å². The average Bonchev–Trinajstić information content (AvgIpc) is 2.32. The molecule has 1 N–H and O–H groups in total. The first-order valence-electron chi connectivity index (χ1n) is 6.64. The van der Waals surface area contributed by atoms with Crippen molar-refractivity contribution in [2.24, 2.45) is 10.9 Å². The van der Waals surface area contributed by atoms with Gasteiger partial charge in [0.2, 0.25) is 0 Å². The zero-order chi connectivity index (χ0) is 13.1. The summed E-state index contributed by atoms with van der Waals surface area (Å²) in [5, 5.41) is 1.97. The molecule has 3 nitrogen and oxygen atoms in total. The Morgan fingerprint density at radius 2 is 2.11 bits per heavy atom. The minimum atomic E-state index is 0.735. The van der Waals surface area contributed by atoms with Crippen LogP contribution in [-0.2, 0) is 0 Å². The van der Waals surface area contributed by atoms with Crippen molar-refractivity contribution in [1.82, 2.24) is 5.01 Å². The fraction of sp³-hybridized carbons (Fsp3) is 0.533. The third-order valence-corrected chi connectivity index (χ3v) is 3.38. The highest BCUT2D eigenvalue weighted by Gasteiger charge is 2.13. The Kier molecular flexibility index (Phi) is 4.02. The molecule has 98 valence electrons. The zero-order valence-corrected chi connectivity index (χ0v) is 11.8. The van der Waals surface area contributed by atoms with Gasteiger partial charge >= 0.3 is 0 Å². The molecule has 1 aliphatic heterocycles. The minimum absolute atomic E-state index is 0.735. The predicted molar refractivity (Wildman–Crippen MR) is 78.3 cm³/mol. The SMILES string of the molecule is Cc1ccc(C2=NCC(C)CC2)cc1NN(C)C. The normalized spacial score (nSPS) is 19.8. The number of hydrogen-bond acceptors (Lipinski definition) is 3. The summed E-state index contributed by atoms with van der Waals surface area (Å²) in [7, 11) is 4.01. The Bertz CT molecular complexity index is 449. The van der Waals surface area contributed by atoms with Gasteiger partial charge in [-0.3, -0.25) is 4.99 Å². The molecule has 0 radical (unpaired) electrons. The van der Waals surface area contributed by atoms with Gasteiger partial charge in [0.15, 0.2) is 0 Å². The van der Waals surface area contributed by atoms with Crippen LogP contribution < -0.4 is 5.43 Å². The maximum absolute atomic E-state index is 4.71. The Morgan fingerprint density at radius 3 is 2.72 bits per heavy atom. The number of nitrogens with one attached hydrogen (secondary N) is 1. The summed E-state index contributed by atoms with van der Waals surface area (Å²) in [5.74, 6) is 0.735. The van der Waals surface area contributed by atoms with Crippen LogP contribution in [0.1, 0.15) is 30.9 Å². The number of aliphatic imine (C=N–C) groups is 1. The third kappa shape index (κ3) is 3.10. The molecule has 0 aromatic heterocycles. The van der Waals surface area contributed by atoms with Crippen molar-refractivity contribution < 1.29 is 0 Å². The second kappa shape index (κ2) is 5.53. The number of aryl methyl sites for hydroxylation is 1. The number of hydrazine groups is 1. The van der Waals surface area contributed by atoms with E-state index in [1.165, 1.54) is 28.9 Å². The Hall–Kier alpha value is -1.35. The molecule has 1 aromatic rings. The Balaban J connectivity index is 2.24. The van der Waals surface area contributed by atoms with Crippen LogP contribution in [0.15, 0.2) is 23.2 Å². The quantitative estimate of drug-likeness (QED) is 0.829. The lowest BCUT2D eigenvalue weighted by molar-refractivity contribution is 0.495. The highest BCUT2D eigenvalue weighted by molar-refractivity contribution is 6.01. The number of anilines is 1. The highest BCUT2D eigenvalue weighted by atomic mass is 15.5. The minimum Gasteiger partial charge on any atom is -0.319 e. The molecule has 0 aliphatic carbocycles. The van der Waals surface area contributed by atoms with E-state index in [9.17, 15) is 0 Å². The first-order chi connectivity index (χ1) is 8.56. The van der Waals surface area contributed by atoms with E-state index in [2.05, 4.69) is 37.5 Å². The Morgan fingerprint density at radius 1 is 1.33 bits per heavy atom. The largest absolute Gasteiger partial charge is 0.319 e. The van der Waals surface area contributed by atoms with Crippen molar-refractivity contribution >= 4 is 11.4 Å². The molecule has 2 rings (SSSR count). The lowest BCUT2D eigenvalue weighted by Gasteiger charge is -2.20. The van der Waals surface area contributed by atoms with Crippen LogP contribution in [0.4, 0.5) is 5.69 Å². The summed E-state index contributed by atoms with van der Waals surface area (Å²) >= 11 is 0. The smallest absolute Gasteiger partial charge is 0.0525 e. The van der Waals surface area contributed by atoms with E-state index in [1.807, 2.05) is 19.1 Å². The summed E-state index contributed by atoms with van der Waals surface area (Å²) < 4.78 is 0. The summed E-state index contributed by atoms with van der Waals surface area (Å²) in [6.07, 6.45) is 2.36. The molecule has 0 saturated heterocycles. The van der Waals surface area contributed by atoms with Gasteiger partial charge in [0.25, 0.3) is 0 Å². The van der Waals surface area contributed by atoms with Crippen molar-refractivity contribution in [2.75, 3.05) is 26.1 Å². The van der Waals surface area contributed by atoms with Gasteiger partial charge in [-0.1, -0.05) is 19.1 Å². The van der Waals surface area contributed by atoms with Crippen molar-refractivity contribution in [1.29, 1.82) is 0 Å². The molecule has 0 saturated carbocycles. The molecule has 18 heavy (non-hydrogen) atoms. The first-order valence-corrected chi connectivity index (χ1v) is 6.64. The van der Waals surface area contributed by atoms with Crippen LogP contribution in [0.2, 0.25) is 0 Å². The second-order valence-corrected chi connectivity index (χ2v) is 5.47. The Labute approximate surface area is 110 Å². The highest BCUT2D eigenvalue weighted by Crippen LogP contribution is 2.22. The molecular weight excluding hydrogens is 222 g/mol. The summed E-state index contributed by atoms with van der Waals surface area (Å²) in [4.78, 5) is 4.71. The monoisotopic (exact) mass is 245 g/mol. The molecule has 1 unspecified atom stereocenters. The topological polar surface area (TPSA) is 27.6 Å². The molecular formula is C15H23N3. The van der Waals surface area contributed by atoms with E-state index in [0.717, 1.165) is 18.9 Å². The zero-order valence-electron chi connectivity index (χ0n) is 11.8. The molecule has 0 fully saturated rings. The lowest BCUT2D eigenvalue weighted by Crippen LogP contribution is -2.21. The first kappa shape index (κ1) is 13.1. The average molecular weight is 245 g/mol. The van der Waals surface area contributed by atoms with E-state index in [4.69, 9.17) is 4.99 Å². The molecule has 1 atom stereocenters. The van der Waals surface area contributed by atoms with E-state index in [1.54, 1.807) is 0 Å². The van der Waals surface area contributed by atoms with E-state index in [-0.39, 0.29) is 0 Å². The molecule has 1 aliphatic rings. The fourth-order valence-corrected chi connectivity index (χ4v) is 2.22. The molecule has 1 aromatic carbocycles. The van der Waals surface area contributed by atoms with Gasteiger partial charge in [-0.2, -0.15) is 0 Å². The van der Waals surface area contributed by atoms with E-state index in [0.29, 0.717) is 0 Å². The maximum atomic E-state index is 4.71. The maximum Gasteiger partial charge on any atom is 0.0525 e. The predicted octanol–water partition coefficient (Wildman–Crippen LogP) is 3.10. The molecule has 0 amide bonds. The second-order valence-electron chi connectivity index (χ2n) is 5.47. The third-order valence-electron chi connectivity index (χ3n) is 3.38. The lowest BCUT2D eigenvalue weighted by atomic mass is 9.95. The van der Waals surface area contributed by atoms with Gasteiger partial charge in [0, 0.05) is 26.4 Å². The summed E-state index contributed by atoms with van der Waals surface area (Å²) in [5.41, 5.74) is 8.29. The van der Waals surface area contributed by atoms with Gasteiger partial charge in [0.05, 0.1) is 5.69 Å². The van der Waals surface area contributed by atoms with Gasteiger partial charge in [-0.15, -0.1) is 0 Å². The van der Waals surface area contributed by atoms with Gasteiger partial charge in [-0.05, 0) is 42.9 Å². The molecule has 0 spiro atoms. The van der Waals surface area contributed by atoms with Crippen LogP contribution >= 0.6 is 0 Å². The van der Waals surface area contributed by atoms with Crippen LogP contribution in [0.3, 0.4) is 0 Å². The number of benzene rings is 1. The van der Waals surface area contributed by atoms with Gasteiger partial charge < -0.3 is 5.43 Å². The summed E-state index contributed by atoms with van der Waals surface area (Å²) in [6.45, 7) is 5.37. The molecule has 0 bridgehead atoms. The van der Waals surface area contributed by atoms with Gasteiger partial charge in [0.1, 0.15) is 0 Å². The van der Waals surface area contributed by atoms with Crippen LogP contribution in [0.25, 0.3) is 0 Å². The van der Waals surface area contributed by atoms with Gasteiger partial charge in [-0.25, -0.2) is 5.01 Å². The number of nitrogens with zero attached hydrogens (tertiary/aromatic N) is 2. The van der Waals surface area contributed by atoms with Crippen molar-refractivity contribution in [3.8, 4) is 0 Å². The molecule has 1 heterocycles. The standard InChI is InChI=1S/C15H23N3/c1-11-5-8-14(16-10-11)13-7-6-12(2)15(9-13)17-18(3)4/h6-7,9,11,17H,5,8,10H2,1-4H3. The van der Waals surface area contributed by atoms with Crippen molar-refractivity contribution in [3.63, 3.8) is 0 Å². The van der Waals surface area contributed by atoms with Crippen LogP contribution in [-0.4, -0.2) is 31.4 Å². The fourth-order valence-electron chi connectivity index (χ4n) is 2.22. The number of hydrogen-bond donors (Lipinski definition) is 1. The van der Waals surface area contributed by atoms with Crippen LogP contribution in [0, 0.1) is 12.8 Å². The van der Waals surface area contributed by atoms with E-state index >= 15 is 0 Å². The van der Waals surface area contributed by atoms with Crippen molar-refractivity contribution in [3.05, 3.63) is 29.3 Å².